The highest BCUT2D eigenvalue weighted by atomic mass is 32.1. The number of thiophene rings is 1. The molecule has 0 saturated carbocycles. The molecule has 40 heavy (non-hydrogen) atoms. The molecule has 1 atom stereocenters. The van der Waals surface area contributed by atoms with Crippen LogP contribution in [-0.4, -0.2) is 0 Å². The zero-order valence-electron chi connectivity index (χ0n) is 22.1. The molecule has 1 aliphatic carbocycles. The van der Waals surface area contributed by atoms with Gasteiger partial charge in [0.25, 0.3) is 0 Å². The van der Waals surface area contributed by atoms with E-state index in [1.165, 1.54) is 53.9 Å². The van der Waals surface area contributed by atoms with Gasteiger partial charge in [-0.3, -0.25) is 0 Å². The van der Waals surface area contributed by atoms with E-state index in [9.17, 15) is 0 Å². The summed E-state index contributed by atoms with van der Waals surface area (Å²) in [5, 5.41) is 2.56. The summed E-state index contributed by atoms with van der Waals surface area (Å²) in [7, 11) is 0. The van der Waals surface area contributed by atoms with Crippen molar-refractivity contribution in [2.24, 2.45) is 0 Å². The number of anilines is 1. The molecule has 192 valence electrons. The predicted molar refractivity (Wildman–Crippen MR) is 173 cm³/mol. The van der Waals surface area contributed by atoms with Crippen molar-refractivity contribution in [3.63, 3.8) is 0 Å². The molecule has 2 heteroatoms. The fourth-order valence-electron chi connectivity index (χ4n) is 6.07. The Bertz CT molecular complexity index is 1860. The predicted octanol–water partition coefficient (Wildman–Crippen LogP) is 10.3. The van der Waals surface area contributed by atoms with Gasteiger partial charge in [0, 0.05) is 26.6 Å². The second-order valence-corrected chi connectivity index (χ2v) is 11.4. The van der Waals surface area contributed by atoms with Crippen LogP contribution in [0.2, 0.25) is 0 Å². The second kappa shape index (κ2) is 10.1. The van der Waals surface area contributed by atoms with E-state index in [0.29, 0.717) is 0 Å². The summed E-state index contributed by atoms with van der Waals surface area (Å²) in [6.07, 6.45) is 10.0. The molecule has 1 aromatic heterocycles. The SMILES string of the molecule is Nc1ccc(-c2sc(C3(c4cccc5ccccc45)C=CC=CC3)c(-c3ccccc3)c2-c2ccccc2)cc1. The lowest BCUT2D eigenvalue weighted by molar-refractivity contribution is 0.669. The third-order valence-corrected chi connectivity index (χ3v) is 9.37. The van der Waals surface area contributed by atoms with E-state index in [2.05, 4.69) is 140 Å². The van der Waals surface area contributed by atoms with Gasteiger partial charge < -0.3 is 5.73 Å². The summed E-state index contributed by atoms with van der Waals surface area (Å²) in [5.74, 6) is 0. The summed E-state index contributed by atoms with van der Waals surface area (Å²) in [6.45, 7) is 0. The smallest absolute Gasteiger partial charge is 0.0526 e. The molecule has 1 aliphatic rings. The number of hydrogen-bond acceptors (Lipinski definition) is 2. The molecule has 2 N–H and O–H groups in total. The van der Waals surface area contributed by atoms with Gasteiger partial charge in [-0.15, -0.1) is 11.3 Å². The van der Waals surface area contributed by atoms with Gasteiger partial charge in [0.1, 0.15) is 0 Å². The highest BCUT2D eigenvalue weighted by Gasteiger charge is 2.39. The first kappa shape index (κ1) is 24.4. The third kappa shape index (κ3) is 4.09. The highest BCUT2D eigenvalue weighted by Crippen LogP contribution is 2.56. The van der Waals surface area contributed by atoms with Gasteiger partial charge in [-0.25, -0.2) is 0 Å². The number of hydrogen-bond donors (Lipinski definition) is 1. The minimum absolute atomic E-state index is 0.318. The highest BCUT2D eigenvalue weighted by molar-refractivity contribution is 7.17. The maximum absolute atomic E-state index is 6.13. The lowest BCUT2D eigenvalue weighted by atomic mass is 9.70. The Morgan fingerprint density at radius 3 is 1.93 bits per heavy atom. The molecule has 7 rings (SSSR count). The number of nitrogen functional groups attached to an aromatic ring is 1. The van der Waals surface area contributed by atoms with Crippen LogP contribution in [0.25, 0.3) is 43.5 Å². The summed E-state index contributed by atoms with van der Waals surface area (Å²) in [6, 6.07) is 45.6. The van der Waals surface area contributed by atoms with Crippen LogP contribution >= 0.6 is 11.3 Å². The largest absolute Gasteiger partial charge is 0.399 e. The zero-order valence-corrected chi connectivity index (χ0v) is 22.9. The Kier molecular flexibility index (Phi) is 6.18. The Morgan fingerprint density at radius 1 is 0.575 bits per heavy atom. The molecular weight excluding hydrogens is 502 g/mol. The van der Waals surface area contributed by atoms with Gasteiger partial charge in [-0.05, 0) is 51.6 Å². The molecule has 0 aliphatic heterocycles. The Hall–Kier alpha value is -4.66. The van der Waals surface area contributed by atoms with Crippen LogP contribution in [0.1, 0.15) is 16.9 Å². The molecule has 6 aromatic rings. The minimum atomic E-state index is -0.318. The second-order valence-electron chi connectivity index (χ2n) is 10.4. The summed E-state index contributed by atoms with van der Waals surface area (Å²) >= 11 is 1.92. The van der Waals surface area contributed by atoms with Gasteiger partial charge in [0.15, 0.2) is 0 Å². The molecular formula is C38H29NS. The van der Waals surface area contributed by atoms with Gasteiger partial charge in [-0.1, -0.05) is 140 Å². The van der Waals surface area contributed by atoms with E-state index >= 15 is 0 Å². The zero-order chi connectivity index (χ0) is 26.9. The van der Waals surface area contributed by atoms with Crippen molar-refractivity contribution in [2.45, 2.75) is 11.8 Å². The van der Waals surface area contributed by atoms with Crippen molar-refractivity contribution in [2.75, 3.05) is 5.73 Å². The van der Waals surface area contributed by atoms with Gasteiger partial charge in [0.2, 0.25) is 0 Å². The van der Waals surface area contributed by atoms with E-state index < -0.39 is 0 Å². The van der Waals surface area contributed by atoms with E-state index in [0.717, 1.165) is 12.1 Å². The van der Waals surface area contributed by atoms with Crippen LogP contribution in [0.5, 0.6) is 0 Å². The number of allylic oxidation sites excluding steroid dienone is 4. The van der Waals surface area contributed by atoms with Crippen LogP contribution in [0.4, 0.5) is 5.69 Å². The molecule has 5 aromatic carbocycles. The minimum Gasteiger partial charge on any atom is -0.399 e. The lowest BCUT2D eigenvalue weighted by Gasteiger charge is -2.34. The van der Waals surface area contributed by atoms with Crippen LogP contribution in [0.3, 0.4) is 0 Å². The molecule has 0 radical (unpaired) electrons. The third-order valence-electron chi connectivity index (χ3n) is 7.95. The Morgan fingerprint density at radius 2 is 1.23 bits per heavy atom. The summed E-state index contributed by atoms with van der Waals surface area (Å²) in [4.78, 5) is 2.63. The maximum atomic E-state index is 6.13. The molecule has 0 amide bonds. The Labute approximate surface area is 239 Å². The average Bonchev–Trinajstić information content (AvgIpc) is 3.44. The number of benzene rings is 5. The molecule has 1 heterocycles. The van der Waals surface area contributed by atoms with Crippen molar-refractivity contribution >= 4 is 27.8 Å². The fraction of sp³-hybridized carbons (Fsp3) is 0.0526. The van der Waals surface area contributed by atoms with Gasteiger partial charge in [0.05, 0.1) is 5.41 Å². The molecule has 0 fully saturated rings. The van der Waals surface area contributed by atoms with Gasteiger partial charge >= 0.3 is 0 Å². The van der Waals surface area contributed by atoms with Crippen LogP contribution in [-0.2, 0) is 5.41 Å². The van der Waals surface area contributed by atoms with E-state index in [4.69, 9.17) is 5.73 Å². The van der Waals surface area contributed by atoms with Crippen molar-refractivity contribution in [1.29, 1.82) is 0 Å². The van der Waals surface area contributed by atoms with Crippen LogP contribution < -0.4 is 5.73 Å². The molecule has 1 nitrogen and oxygen atoms in total. The Balaban J connectivity index is 1.63. The van der Waals surface area contributed by atoms with Crippen molar-refractivity contribution < 1.29 is 0 Å². The first-order chi connectivity index (χ1) is 19.7. The van der Waals surface area contributed by atoms with E-state index in [1.807, 2.05) is 23.5 Å². The lowest BCUT2D eigenvalue weighted by Crippen LogP contribution is -2.26. The summed E-state index contributed by atoms with van der Waals surface area (Å²) < 4.78 is 0. The molecule has 0 saturated heterocycles. The topological polar surface area (TPSA) is 26.0 Å². The van der Waals surface area contributed by atoms with Crippen molar-refractivity contribution in [3.05, 3.63) is 162 Å². The first-order valence-corrected chi connectivity index (χ1v) is 14.5. The standard InChI is InChI=1S/C38H29NS/c39-31-23-21-30(22-24-31)36-34(28-14-4-1-5-15-28)35(29-16-6-2-7-17-29)37(40-36)38(25-10-3-11-26-38)33-20-12-18-27-13-8-9-19-32(27)33/h1-25H,26,39H2. The average molecular weight is 532 g/mol. The first-order valence-electron chi connectivity index (χ1n) is 13.7. The van der Waals surface area contributed by atoms with Crippen molar-refractivity contribution in [1.82, 2.24) is 0 Å². The maximum Gasteiger partial charge on any atom is 0.0526 e. The van der Waals surface area contributed by atoms with Crippen LogP contribution in [0, 0.1) is 0 Å². The molecule has 1 unspecified atom stereocenters. The molecule has 0 bridgehead atoms. The van der Waals surface area contributed by atoms with E-state index in [1.54, 1.807) is 0 Å². The fourth-order valence-corrected chi connectivity index (χ4v) is 7.61. The number of nitrogens with two attached hydrogens (primary N) is 1. The summed E-state index contributed by atoms with van der Waals surface area (Å²) in [5.41, 5.74) is 14.2. The number of rotatable bonds is 5. The normalized spacial score (nSPS) is 16.4. The van der Waals surface area contributed by atoms with Gasteiger partial charge in [-0.2, -0.15) is 0 Å². The van der Waals surface area contributed by atoms with Crippen LogP contribution in [0.15, 0.2) is 152 Å². The monoisotopic (exact) mass is 531 g/mol. The molecule has 0 spiro atoms. The van der Waals surface area contributed by atoms with E-state index in [-0.39, 0.29) is 5.41 Å². The quantitative estimate of drug-likeness (QED) is 0.220. The number of fused-ring (bicyclic) bond motifs is 1. The van der Waals surface area contributed by atoms with Crippen molar-refractivity contribution in [3.8, 4) is 32.7 Å².